The fourth-order valence-electron chi connectivity index (χ4n) is 2.58. The molecule has 23 heavy (non-hydrogen) atoms. The number of thiocarbonyl (C=S) groups is 1. The number of carbonyl (C=O) groups excluding carboxylic acids is 1. The first kappa shape index (κ1) is 17.0. The summed E-state index contributed by atoms with van der Waals surface area (Å²) in [7, 11) is 1.32. The fourth-order valence-corrected chi connectivity index (χ4v) is 2.93. The van der Waals surface area contributed by atoms with E-state index in [9.17, 15) is 14.7 Å². The van der Waals surface area contributed by atoms with E-state index in [0.29, 0.717) is 10.8 Å². The molecule has 0 spiro atoms. The van der Waals surface area contributed by atoms with E-state index in [1.165, 1.54) is 7.11 Å². The van der Waals surface area contributed by atoms with Crippen molar-refractivity contribution in [2.75, 3.05) is 13.7 Å². The molecule has 1 unspecified atom stereocenters. The molecule has 1 aliphatic heterocycles. The molecule has 6 nitrogen and oxygen atoms in total. The molecule has 0 bridgehead atoms. The number of nitrogens with zero attached hydrogens (tertiary/aromatic N) is 1. The minimum atomic E-state index is -1.02. The van der Waals surface area contributed by atoms with Crippen LogP contribution in [0, 0.1) is 0 Å². The van der Waals surface area contributed by atoms with E-state index in [2.05, 4.69) is 10.1 Å². The molecule has 2 rings (SSSR count). The largest absolute Gasteiger partial charge is 0.478 e. The number of methoxy groups -OCH3 is 1. The lowest BCUT2D eigenvalue weighted by Gasteiger charge is -2.39. The lowest BCUT2D eigenvalue weighted by molar-refractivity contribution is -0.140. The van der Waals surface area contributed by atoms with E-state index in [4.69, 9.17) is 12.2 Å². The maximum atomic E-state index is 11.7. The van der Waals surface area contributed by atoms with Gasteiger partial charge in [-0.15, -0.1) is 0 Å². The molecular formula is C16H18N2O4S. The van der Waals surface area contributed by atoms with Gasteiger partial charge in [-0.05, 0) is 24.7 Å². The summed E-state index contributed by atoms with van der Waals surface area (Å²) in [5.41, 5.74) is 1.53. The maximum Gasteiger partial charge on any atom is 0.335 e. The van der Waals surface area contributed by atoms with Crippen LogP contribution < -0.4 is 5.32 Å². The third-order valence-corrected chi connectivity index (χ3v) is 4.01. The number of allylic oxidation sites excluding steroid dienone is 1. The van der Waals surface area contributed by atoms with Crippen LogP contribution in [-0.4, -0.2) is 40.7 Å². The quantitative estimate of drug-likeness (QED) is 0.628. The van der Waals surface area contributed by atoms with E-state index in [1.807, 2.05) is 30.3 Å². The van der Waals surface area contributed by atoms with Crippen molar-refractivity contribution in [3.63, 3.8) is 0 Å². The van der Waals surface area contributed by atoms with Crippen LogP contribution in [-0.2, 0) is 14.3 Å². The Morgan fingerprint density at radius 3 is 2.57 bits per heavy atom. The second-order valence-corrected chi connectivity index (χ2v) is 5.49. The number of nitrogens with one attached hydrogen (secondary N) is 1. The normalized spacial score (nSPS) is 17.7. The van der Waals surface area contributed by atoms with Crippen molar-refractivity contribution in [2.45, 2.75) is 19.4 Å². The number of carboxylic acids is 1. The summed E-state index contributed by atoms with van der Waals surface area (Å²) >= 11 is 5.34. The number of benzene rings is 1. The maximum absolute atomic E-state index is 11.7. The van der Waals surface area contributed by atoms with Gasteiger partial charge in [0, 0.05) is 12.2 Å². The van der Waals surface area contributed by atoms with Crippen molar-refractivity contribution in [3.05, 3.63) is 47.2 Å². The van der Waals surface area contributed by atoms with E-state index in [0.717, 1.165) is 5.56 Å². The van der Waals surface area contributed by atoms with Crippen LogP contribution in [0.15, 0.2) is 41.6 Å². The molecule has 122 valence electrons. The Bertz CT molecular complexity index is 657. The molecule has 0 radical (unpaired) electrons. The van der Waals surface area contributed by atoms with Crippen LogP contribution in [0.25, 0.3) is 0 Å². The molecule has 0 aliphatic carbocycles. The van der Waals surface area contributed by atoms with Gasteiger partial charge in [-0.1, -0.05) is 30.3 Å². The van der Waals surface area contributed by atoms with Gasteiger partial charge in [-0.2, -0.15) is 0 Å². The number of esters is 1. The summed E-state index contributed by atoms with van der Waals surface area (Å²) in [6, 6.07) is 8.69. The molecule has 1 aliphatic rings. The predicted molar refractivity (Wildman–Crippen MR) is 88.6 cm³/mol. The highest BCUT2D eigenvalue weighted by atomic mass is 32.1. The fraction of sp³-hybridized carbons (Fsp3) is 0.312. The molecule has 0 amide bonds. The van der Waals surface area contributed by atoms with Gasteiger partial charge in [-0.3, -0.25) is 4.79 Å². The Balaban J connectivity index is 2.43. The van der Waals surface area contributed by atoms with Crippen LogP contribution in [0.1, 0.15) is 24.9 Å². The van der Waals surface area contributed by atoms with E-state index in [1.54, 1.807) is 11.8 Å². The topological polar surface area (TPSA) is 78.9 Å². The predicted octanol–water partition coefficient (Wildman–Crippen LogP) is 1.84. The number of aliphatic carboxylic acids is 1. The van der Waals surface area contributed by atoms with Gasteiger partial charge in [0.2, 0.25) is 0 Å². The Hall–Kier alpha value is -2.41. The summed E-state index contributed by atoms with van der Waals surface area (Å²) in [5, 5.41) is 12.9. The Morgan fingerprint density at radius 2 is 2.00 bits per heavy atom. The van der Waals surface area contributed by atoms with Crippen molar-refractivity contribution in [1.82, 2.24) is 10.2 Å². The zero-order valence-electron chi connectivity index (χ0n) is 12.9. The van der Waals surface area contributed by atoms with Gasteiger partial charge < -0.3 is 20.1 Å². The summed E-state index contributed by atoms with van der Waals surface area (Å²) in [6.07, 6.45) is 0.119. The lowest BCUT2D eigenvalue weighted by atomic mass is 9.94. The standard InChI is InChI=1S/C16H18N2O4S/c1-10-13(15(20)21)14(11-6-4-3-5-7-11)18(16(23)17-10)9-8-12(19)22-2/h3-7,14H,8-9H2,1-2H3,(H,17,23)(H,20,21). The SMILES string of the molecule is COC(=O)CCN1C(=S)NC(C)=C(C(=O)O)C1c1ccccc1. The van der Waals surface area contributed by atoms with Gasteiger partial charge in [-0.25, -0.2) is 4.79 Å². The van der Waals surface area contributed by atoms with Crippen molar-refractivity contribution < 1.29 is 19.4 Å². The van der Waals surface area contributed by atoms with Crippen molar-refractivity contribution >= 4 is 29.3 Å². The molecule has 7 heteroatoms. The van der Waals surface area contributed by atoms with Gasteiger partial charge in [0.15, 0.2) is 5.11 Å². The molecule has 0 fully saturated rings. The highest BCUT2D eigenvalue weighted by molar-refractivity contribution is 7.80. The summed E-state index contributed by atoms with van der Waals surface area (Å²) in [5.74, 6) is -1.39. The van der Waals surface area contributed by atoms with E-state index >= 15 is 0 Å². The lowest BCUT2D eigenvalue weighted by Crippen LogP contribution is -2.48. The molecule has 2 N–H and O–H groups in total. The highest BCUT2D eigenvalue weighted by Crippen LogP contribution is 2.33. The van der Waals surface area contributed by atoms with Gasteiger partial charge in [0.1, 0.15) is 0 Å². The van der Waals surface area contributed by atoms with Crippen molar-refractivity contribution in [3.8, 4) is 0 Å². The molecule has 1 aromatic rings. The highest BCUT2D eigenvalue weighted by Gasteiger charge is 2.35. The summed E-state index contributed by atoms with van der Waals surface area (Å²) in [6.45, 7) is 1.95. The number of carboxylic acid groups (broad SMARTS) is 1. The average Bonchev–Trinajstić information content (AvgIpc) is 2.53. The Morgan fingerprint density at radius 1 is 1.35 bits per heavy atom. The second kappa shape index (κ2) is 7.23. The molecule has 1 atom stereocenters. The van der Waals surface area contributed by atoms with Gasteiger partial charge in [0.05, 0.1) is 25.1 Å². The van der Waals surface area contributed by atoms with Gasteiger partial charge in [0.25, 0.3) is 0 Å². The van der Waals surface area contributed by atoms with E-state index in [-0.39, 0.29) is 24.5 Å². The number of carbonyl (C=O) groups is 2. The average molecular weight is 334 g/mol. The first-order chi connectivity index (χ1) is 11.0. The molecule has 0 saturated carbocycles. The van der Waals surface area contributed by atoms with Crippen LogP contribution >= 0.6 is 12.2 Å². The minimum absolute atomic E-state index is 0.119. The third-order valence-electron chi connectivity index (χ3n) is 3.67. The second-order valence-electron chi connectivity index (χ2n) is 5.11. The van der Waals surface area contributed by atoms with Crippen LogP contribution in [0.3, 0.4) is 0 Å². The monoisotopic (exact) mass is 334 g/mol. The Kier molecular flexibility index (Phi) is 5.33. The molecule has 0 saturated heterocycles. The van der Waals surface area contributed by atoms with Crippen molar-refractivity contribution in [2.24, 2.45) is 0 Å². The Labute approximate surface area is 139 Å². The first-order valence-electron chi connectivity index (χ1n) is 7.09. The van der Waals surface area contributed by atoms with Gasteiger partial charge >= 0.3 is 11.9 Å². The molecular weight excluding hydrogens is 316 g/mol. The number of ether oxygens (including phenoxy) is 1. The summed E-state index contributed by atoms with van der Waals surface area (Å²) in [4.78, 5) is 24.9. The summed E-state index contributed by atoms with van der Waals surface area (Å²) < 4.78 is 4.66. The number of hydrogen-bond acceptors (Lipinski definition) is 4. The van der Waals surface area contributed by atoms with E-state index < -0.39 is 12.0 Å². The third kappa shape index (κ3) is 3.68. The molecule has 1 aromatic carbocycles. The van der Waals surface area contributed by atoms with Crippen LogP contribution in [0.2, 0.25) is 0 Å². The molecule has 0 aromatic heterocycles. The van der Waals surface area contributed by atoms with Crippen LogP contribution in [0.5, 0.6) is 0 Å². The smallest absolute Gasteiger partial charge is 0.335 e. The molecule has 1 heterocycles. The minimum Gasteiger partial charge on any atom is -0.478 e. The number of rotatable bonds is 5. The number of hydrogen-bond donors (Lipinski definition) is 2. The zero-order valence-corrected chi connectivity index (χ0v) is 13.7. The zero-order chi connectivity index (χ0) is 17.0. The first-order valence-corrected chi connectivity index (χ1v) is 7.50. The van der Waals surface area contributed by atoms with Crippen molar-refractivity contribution in [1.29, 1.82) is 0 Å². The van der Waals surface area contributed by atoms with Crippen LogP contribution in [0.4, 0.5) is 0 Å².